The molecule has 0 N–H and O–H groups in total. The standard InChI is InChI=1S/C13H12F2N2/c1-13(14,15)12-4-2-3-10(6-12)5-11-7-16-9-17-8-11/h2-4,6-9H,5H2,1H3. The van der Waals surface area contributed by atoms with Crippen LogP contribution in [0.15, 0.2) is 43.0 Å². The number of alkyl halides is 2. The molecule has 0 atom stereocenters. The lowest BCUT2D eigenvalue weighted by Crippen LogP contribution is -2.07. The number of hydrogen-bond donors (Lipinski definition) is 0. The quantitative estimate of drug-likeness (QED) is 0.815. The van der Waals surface area contributed by atoms with Crippen molar-refractivity contribution < 1.29 is 8.78 Å². The summed E-state index contributed by atoms with van der Waals surface area (Å²) in [5.41, 5.74) is 1.77. The molecule has 0 spiro atoms. The third kappa shape index (κ3) is 3.06. The summed E-state index contributed by atoms with van der Waals surface area (Å²) in [4.78, 5) is 7.79. The van der Waals surface area contributed by atoms with Gasteiger partial charge in [0.05, 0.1) is 0 Å². The molecule has 0 saturated heterocycles. The van der Waals surface area contributed by atoms with Crippen molar-refractivity contribution in [1.82, 2.24) is 9.97 Å². The topological polar surface area (TPSA) is 25.8 Å². The largest absolute Gasteiger partial charge is 0.270 e. The van der Waals surface area contributed by atoms with Gasteiger partial charge in [-0.2, -0.15) is 0 Å². The molecule has 0 amide bonds. The first-order valence-corrected chi connectivity index (χ1v) is 5.27. The highest BCUT2D eigenvalue weighted by molar-refractivity contribution is 5.29. The first kappa shape index (κ1) is 11.6. The van der Waals surface area contributed by atoms with Crippen LogP contribution in [-0.2, 0) is 12.3 Å². The van der Waals surface area contributed by atoms with E-state index in [1.54, 1.807) is 18.5 Å². The minimum absolute atomic E-state index is 0.0341. The molecule has 88 valence electrons. The van der Waals surface area contributed by atoms with Crippen molar-refractivity contribution in [3.05, 3.63) is 59.7 Å². The van der Waals surface area contributed by atoms with Gasteiger partial charge in [0, 0.05) is 31.3 Å². The molecule has 0 unspecified atom stereocenters. The lowest BCUT2D eigenvalue weighted by Gasteiger charge is -2.11. The van der Waals surface area contributed by atoms with Crippen LogP contribution < -0.4 is 0 Å². The smallest absolute Gasteiger partial charge is 0.245 e. The van der Waals surface area contributed by atoms with E-state index in [1.165, 1.54) is 18.5 Å². The Hall–Kier alpha value is -1.84. The summed E-state index contributed by atoms with van der Waals surface area (Å²) in [7, 11) is 0. The summed E-state index contributed by atoms with van der Waals surface area (Å²) in [5, 5.41) is 0. The Morgan fingerprint density at radius 2 is 1.82 bits per heavy atom. The molecule has 0 aliphatic rings. The van der Waals surface area contributed by atoms with Crippen LogP contribution in [0.3, 0.4) is 0 Å². The molecular weight excluding hydrogens is 222 g/mol. The third-order valence-corrected chi connectivity index (χ3v) is 2.46. The van der Waals surface area contributed by atoms with E-state index >= 15 is 0 Å². The summed E-state index contributed by atoms with van der Waals surface area (Å²) in [6.07, 6.45) is 5.37. The second-order valence-corrected chi connectivity index (χ2v) is 4.01. The number of rotatable bonds is 3. The molecule has 1 heterocycles. The lowest BCUT2D eigenvalue weighted by molar-refractivity contribution is 0.0174. The van der Waals surface area contributed by atoms with Crippen LogP contribution in [0.2, 0.25) is 0 Å². The summed E-state index contributed by atoms with van der Waals surface area (Å²) < 4.78 is 26.3. The summed E-state index contributed by atoms with van der Waals surface area (Å²) in [5.74, 6) is -2.80. The predicted molar refractivity (Wildman–Crippen MR) is 60.8 cm³/mol. The molecule has 0 aliphatic carbocycles. The zero-order chi connectivity index (χ0) is 12.3. The van der Waals surface area contributed by atoms with Gasteiger partial charge in [0.25, 0.3) is 5.92 Å². The molecule has 1 aromatic heterocycles. The van der Waals surface area contributed by atoms with Crippen molar-refractivity contribution in [2.75, 3.05) is 0 Å². The lowest BCUT2D eigenvalue weighted by atomic mass is 10.0. The van der Waals surface area contributed by atoms with Gasteiger partial charge < -0.3 is 0 Å². The Morgan fingerprint density at radius 1 is 1.12 bits per heavy atom. The van der Waals surface area contributed by atoms with Gasteiger partial charge in [-0.1, -0.05) is 18.2 Å². The molecule has 2 rings (SSSR count). The maximum Gasteiger partial charge on any atom is 0.270 e. The molecule has 2 nitrogen and oxygen atoms in total. The predicted octanol–water partition coefficient (Wildman–Crippen LogP) is 3.18. The fourth-order valence-corrected chi connectivity index (χ4v) is 1.61. The minimum Gasteiger partial charge on any atom is -0.245 e. The highest BCUT2D eigenvalue weighted by Gasteiger charge is 2.23. The molecule has 0 aliphatic heterocycles. The van der Waals surface area contributed by atoms with E-state index < -0.39 is 5.92 Å². The van der Waals surface area contributed by atoms with E-state index in [2.05, 4.69) is 9.97 Å². The number of hydrogen-bond acceptors (Lipinski definition) is 2. The normalized spacial score (nSPS) is 11.5. The summed E-state index contributed by atoms with van der Waals surface area (Å²) >= 11 is 0. The van der Waals surface area contributed by atoms with Gasteiger partial charge in [0.1, 0.15) is 6.33 Å². The van der Waals surface area contributed by atoms with Crippen LogP contribution in [0, 0.1) is 0 Å². The Labute approximate surface area is 98.4 Å². The van der Waals surface area contributed by atoms with Gasteiger partial charge in [-0.15, -0.1) is 0 Å². The van der Waals surface area contributed by atoms with E-state index in [-0.39, 0.29) is 5.56 Å². The van der Waals surface area contributed by atoms with Crippen molar-refractivity contribution >= 4 is 0 Å². The molecule has 0 saturated carbocycles. The molecule has 1 aromatic carbocycles. The van der Waals surface area contributed by atoms with Crippen LogP contribution >= 0.6 is 0 Å². The van der Waals surface area contributed by atoms with Crippen molar-refractivity contribution in [3.8, 4) is 0 Å². The molecule has 4 heteroatoms. The van der Waals surface area contributed by atoms with Crippen molar-refractivity contribution in [2.24, 2.45) is 0 Å². The molecule has 0 radical (unpaired) electrons. The monoisotopic (exact) mass is 234 g/mol. The van der Waals surface area contributed by atoms with Crippen LogP contribution in [0.4, 0.5) is 8.78 Å². The first-order chi connectivity index (χ1) is 8.05. The van der Waals surface area contributed by atoms with Gasteiger partial charge in [0.15, 0.2) is 0 Å². The maximum atomic E-state index is 13.1. The Balaban J connectivity index is 2.23. The van der Waals surface area contributed by atoms with E-state index in [0.717, 1.165) is 18.1 Å². The van der Waals surface area contributed by atoms with Crippen molar-refractivity contribution in [3.63, 3.8) is 0 Å². The number of nitrogens with zero attached hydrogens (tertiary/aromatic N) is 2. The van der Waals surface area contributed by atoms with Gasteiger partial charge in [-0.05, 0) is 17.2 Å². The second-order valence-electron chi connectivity index (χ2n) is 4.01. The van der Waals surface area contributed by atoms with Crippen LogP contribution in [-0.4, -0.2) is 9.97 Å². The van der Waals surface area contributed by atoms with E-state index in [4.69, 9.17) is 0 Å². The number of halogens is 2. The third-order valence-electron chi connectivity index (χ3n) is 2.46. The van der Waals surface area contributed by atoms with Gasteiger partial charge in [-0.25, -0.2) is 18.7 Å². The molecule has 0 bridgehead atoms. The minimum atomic E-state index is -2.80. The SMILES string of the molecule is CC(F)(F)c1cccc(Cc2cncnc2)c1. The highest BCUT2D eigenvalue weighted by Crippen LogP contribution is 2.27. The van der Waals surface area contributed by atoms with Crippen LogP contribution in [0.1, 0.15) is 23.6 Å². The fourth-order valence-electron chi connectivity index (χ4n) is 1.61. The van der Waals surface area contributed by atoms with Crippen molar-refractivity contribution in [1.29, 1.82) is 0 Å². The fraction of sp³-hybridized carbons (Fsp3) is 0.231. The average Bonchev–Trinajstić information content (AvgIpc) is 2.29. The maximum absolute atomic E-state index is 13.1. The van der Waals surface area contributed by atoms with E-state index in [9.17, 15) is 8.78 Å². The Bertz CT molecular complexity index is 492. The van der Waals surface area contributed by atoms with Crippen molar-refractivity contribution in [2.45, 2.75) is 19.3 Å². The second kappa shape index (κ2) is 4.57. The Kier molecular flexibility index (Phi) is 3.13. The van der Waals surface area contributed by atoms with E-state index in [0.29, 0.717) is 6.42 Å². The molecular formula is C13H12F2N2. The number of aromatic nitrogens is 2. The highest BCUT2D eigenvalue weighted by atomic mass is 19.3. The number of benzene rings is 1. The van der Waals surface area contributed by atoms with Gasteiger partial charge in [0.2, 0.25) is 0 Å². The average molecular weight is 234 g/mol. The van der Waals surface area contributed by atoms with Crippen LogP contribution in [0.25, 0.3) is 0 Å². The summed E-state index contributed by atoms with van der Waals surface area (Å²) in [6.45, 7) is 0.901. The van der Waals surface area contributed by atoms with Crippen LogP contribution in [0.5, 0.6) is 0 Å². The van der Waals surface area contributed by atoms with Gasteiger partial charge >= 0.3 is 0 Å². The summed E-state index contributed by atoms with van der Waals surface area (Å²) in [6, 6.07) is 6.42. The molecule has 2 aromatic rings. The zero-order valence-electron chi connectivity index (χ0n) is 9.40. The molecule has 17 heavy (non-hydrogen) atoms. The first-order valence-electron chi connectivity index (χ1n) is 5.27. The van der Waals surface area contributed by atoms with Gasteiger partial charge in [-0.3, -0.25) is 0 Å². The Morgan fingerprint density at radius 3 is 2.47 bits per heavy atom. The van der Waals surface area contributed by atoms with E-state index in [1.807, 2.05) is 6.07 Å². The zero-order valence-corrected chi connectivity index (χ0v) is 9.40. The molecule has 0 fully saturated rings.